The van der Waals surface area contributed by atoms with E-state index >= 15 is 0 Å². The van der Waals surface area contributed by atoms with Crippen molar-refractivity contribution in [2.24, 2.45) is 5.92 Å². The number of aryl methyl sites for hydroxylation is 1. The fraction of sp³-hybridized carbons (Fsp3) is 0.316. The van der Waals surface area contributed by atoms with Crippen LogP contribution in [0.25, 0.3) is 0 Å². The molecule has 0 aliphatic carbocycles. The normalized spacial score (nSPS) is 16.9. The van der Waals surface area contributed by atoms with Crippen LogP contribution in [0.2, 0.25) is 0 Å². The van der Waals surface area contributed by atoms with E-state index in [1.165, 1.54) is 5.56 Å². The van der Waals surface area contributed by atoms with E-state index in [2.05, 4.69) is 19.1 Å². The summed E-state index contributed by atoms with van der Waals surface area (Å²) in [6.45, 7) is 2.64. The Morgan fingerprint density at radius 2 is 1.90 bits per heavy atom. The highest BCUT2D eigenvalue weighted by Gasteiger charge is 2.26. The molecule has 108 valence electrons. The van der Waals surface area contributed by atoms with Crippen LogP contribution in [-0.2, 0) is 12.8 Å². The first-order chi connectivity index (χ1) is 10.3. The van der Waals surface area contributed by atoms with Crippen molar-refractivity contribution in [2.45, 2.75) is 26.2 Å². The van der Waals surface area contributed by atoms with E-state index in [0.717, 1.165) is 36.1 Å². The van der Waals surface area contributed by atoms with E-state index in [9.17, 15) is 4.79 Å². The van der Waals surface area contributed by atoms with E-state index in [-0.39, 0.29) is 11.7 Å². The summed E-state index contributed by atoms with van der Waals surface area (Å²) in [6, 6.07) is 16.0. The molecule has 21 heavy (non-hydrogen) atoms. The van der Waals surface area contributed by atoms with Crippen molar-refractivity contribution in [3.8, 4) is 5.75 Å². The monoisotopic (exact) mass is 280 g/mol. The Labute approximate surface area is 125 Å². The lowest BCUT2D eigenvalue weighted by atomic mass is 9.89. The molecule has 0 amide bonds. The Morgan fingerprint density at radius 1 is 1.14 bits per heavy atom. The average Bonchev–Trinajstić information content (AvgIpc) is 2.55. The van der Waals surface area contributed by atoms with Crippen LogP contribution in [0.5, 0.6) is 5.75 Å². The maximum absolute atomic E-state index is 12.6. The van der Waals surface area contributed by atoms with Crippen molar-refractivity contribution in [1.82, 2.24) is 0 Å². The summed E-state index contributed by atoms with van der Waals surface area (Å²) < 4.78 is 5.72. The highest BCUT2D eigenvalue weighted by molar-refractivity contribution is 5.98. The third-order valence-corrected chi connectivity index (χ3v) is 4.03. The topological polar surface area (TPSA) is 26.3 Å². The Hall–Kier alpha value is -2.09. The van der Waals surface area contributed by atoms with Gasteiger partial charge >= 0.3 is 0 Å². The lowest BCUT2D eigenvalue weighted by molar-refractivity contribution is 0.0855. The minimum absolute atomic E-state index is 0.0723. The van der Waals surface area contributed by atoms with Crippen molar-refractivity contribution in [1.29, 1.82) is 0 Å². The van der Waals surface area contributed by atoms with Gasteiger partial charge in [-0.2, -0.15) is 0 Å². The van der Waals surface area contributed by atoms with Crippen LogP contribution in [0.4, 0.5) is 0 Å². The number of carbonyl (C=O) groups is 1. The van der Waals surface area contributed by atoms with Gasteiger partial charge in [0.2, 0.25) is 0 Å². The summed E-state index contributed by atoms with van der Waals surface area (Å²) in [5, 5.41) is 0. The number of para-hydroxylation sites is 1. The largest absolute Gasteiger partial charge is 0.493 e. The van der Waals surface area contributed by atoms with Gasteiger partial charge in [-0.3, -0.25) is 4.79 Å². The second kappa shape index (κ2) is 6.13. The lowest BCUT2D eigenvalue weighted by Gasteiger charge is -2.24. The third-order valence-electron chi connectivity index (χ3n) is 4.03. The molecule has 0 radical (unpaired) electrons. The molecule has 1 aliphatic rings. The molecule has 0 bridgehead atoms. The Bertz CT molecular complexity index is 628. The maximum atomic E-state index is 12.6. The number of rotatable bonds is 4. The fourth-order valence-corrected chi connectivity index (χ4v) is 2.86. The molecule has 2 aromatic carbocycles. The van der Waals surface area contributed by atoms with Crippen LogP contribution in [0.15, 0.2) is 48.5 Å². The van der Waals surface area contributed by atoms with E-state index in [4.69, 9.17) is 4.74 Å². The number of hydrogen-bond donors (Lipinski definition) is 0. The second-order valence-corrected chi connectivity index (χ2v) is 5.63. The van der Waals surface area contributed by atoms with Crippen LogP contribution >= 0.6 is 0 Å². The van der Waals surface area contributed by atoms with Gasteiger partial charge in [0.15, 0.2) is 5.78 Å². The van der Waals surface area contributed by atoms with Crippen LogP contribution < -0.4 is 4.74 Å². The minimum atomic E-state index is -0.0723. The quantitative estimate of drug-likeness (QED) is 0.789. The van der Waals surface area contributed by atoms with Gasteiger partial charge in [0, 0.05) is 5.56 Å². The minimum Gasteiger partial charge on any atom is -0.493 e. The number of ketones is 1. The first-order valence-electron chi connectivity index (χ1n) is 7.62. The first kappa shape index (κ1) is 13.9. The van der Waals surface area contributed by atoms with E-state index in [1.54, 1.807) is 0 Å². The maximum Gasteiger partial charge on any atom is 0.169 e. The molecule has 2 heteroatoms. The van der Waals surface area contributed by atoms with Gasteiger partial charge in [0.1, 0.15) is 5.75 Å². The van der Waals surface area contributed by atoms with Gasteiger partial charge in [-0.25, -0.2) is 0 Å². The molecular formula is C19H20O2. The number of fused-ring (bicyclic) bond motifs is 1. The Morgan fingerprint density at radius 3 is 2.67 bits per heavy atom. The van der Waals surface area contributed by atoms with Crippen molar-refractivity contribution in [3.05, 3.63) is 65.2 Å². The molecule has 0 N–H and O–H groups in total. The van der Waals surface area contributed by atoms with Crippen molar-refractivity contribution >= 4 is 5.78 Å². The molecule has 1 heterocycles. The second-order valence-electron chi connectivity index (χ2n) is 5.63. The molecule has 2 nitrogen and oxygen atoms in total. The smallest absolute Gasteiger partial charge is 0.169 e. The molecule has 0 fully saturated rings. The molecule has 0 aromatic heterocycles. The third kappa shape index (κ3) is 2.99. The van der Waals surface area contributed by atoms with Gasteiger partial charge in [-0.15, -0.1) is 0 Å². The zero-order valence-electron chi connectivity index (χ0n) is 12.3. The van der Waals surface area contributed by atoms with Gasteiger partial charge < -0.3 is 4.74 Å². The van der Waals surface area contributed by atoms with Crippen LogP contribution in [0.1, 0.15) is 34.8 Å². The van der Waals surface area contributed by atoms with Gasteiger partial charge in [-0.05, 0) is 30.0 Å². The van der Waals surface area contributed by atoms with Crippen LogP contribution in [0.3, 0.4) is 0 Å². The molecule has 1 unspecified atom stereocenters. The van der Waals surface area contributed by atoms with Gasteiger partial charge in [-0.1, -0.05) is 55.8 Å². The molecule has 0 saturated heterocycles. The number of Topliss-reactive ketones (excluding diaryl/α,β-unsaturated/α-hetero) is 1. The summed E-state index contributed by atoms with van der Waals surface area (Å²) in [5.74, 6) is 1.03. The highest BCUT2D eigenvalue weighted by atomic mass is 16.5. The highest BCUT2D eigenvalue weighted by Crippen LogP contribution is 2.28. The number of benzene rings is 2. The summed E-state index contributed by atoms with van der Waals surface area (Å²) >= 11 is 0. The van der Waals surface area contributed by atoms with Crippen molar-refractivity contribution in [2.75, 3.05) is 6.61 Å². The standard InChI is InChI=1S/C19H20O2/c1-2-5-14-8-10-15(11-9-14)19(20)17-12-16-6-3-4-7-18(16)21-13-17/h3-4,6-11,17H,2,5,12-13H2,1H3. The fourth-order valence-electron chi connectivity index (χ4n) is 2.86. The Kier molecular flexibility index (Phi) is 4.05. The SMILES string of the molecule is CCCc1ccc(C(=O)C2COc3ccccc3C2)cc1. The van der Waals surface area contributed by atoms with Crippen molar-refractivity contribution in [3.63, 3.8) is 0 Å². The van der Waals surface area contributed by atoms with E-state index in [1.807, 2.05) is 36.4 Å². The summed E-state index contributed by atoms with van der Waals surface area (Å²) in [6.07, 6.45) is 2.96. The zero-order valence-corrected chi connectivity index (χ0v) is 12.3. The predicted molar refractivity (Wildman–Crippen MR) is 83.9 cm³/mol. The summed E-state index contributed by atoms with van der Waals surface area (Å²) in [7, 11) is 0. The Balaban J connectivity index is 1.74. The predicted octanol–water partition coefficient (Wildman–Crippen LogP) is 4.07. The van der Waals surface area contributed by atoms with Gasteiger partial charge in [0.05, 0.1) is 12.5 Å². The zero-order chi connectivity index (χ0) is 14.7. The number of carbonyl (C=O) groups excluding carboxylic acids is 1. The summed E-state index contributed by atoms with van der Waals surface area (Å²) in [4.78, 5) is 12.6. The molecule has 1 atom stereocenters. The molecule has 0 saturated carbocycles. The average molecular weight is 280 g/mol. The number of ether oxygens (including phenoxy) is 1. The van der Waals surface area contributed by atoms with Crippen LogP contribution in [-0.4, -0.2) is 12.4 Å². The summed E-state index contributed by atoms with van der Waals surface area (Å²) in [5.41, 5.74) is 3.21. The van der Waals surface area contributed by atoms with E-state index in [0.29, 0.717) is 6.61 Å². The lowest BCUT2D eigenvalue weighted by Crippen LogP contribution is -2.28. The number of hydrogen-bond acceptors (Lipinski definition) is 2. The molecular weight excluding hydrogens is 260 g/mol. The first-order valence-corrected chi connectivity index (χ1v) is 7.62. The molecule has 2 aromatic rings. The van der Waals surface area contributed by atoms with E-state index < -0.39 is 0 Å². The molecule has 0 spiro atoms. The molecule has 3 rings (SSSR count). The van der Waals surface area contributed by atoms with Crippen molar-refractivity contribution < 1.29 is 9.53 Å². The molecule has 1 aliphatic heterocycles. The van der Waals surface area contributed by atoms with Crippen LogP contribution in [0, 0.1) is 5.92 Å². The van der Waals surface area contributed by atoms with Gasteiger partial charge in [0.25, 0.3) is 0 Å².